The van der Waals surface area contributed by atoms with Gasteiger partial charge in [-0.1, -0.05) is 12.8 Å². The Morgan fingerprint density at radius 2 is 1.74 bits per heavy atom. The van der Waals surface area contributed by atoms with Crippen LogP contribution in [0.3, 0.4) is 0 Å². The molecule has 1 aromatic rings. The van der Waals surface area contributed by atoms with E-state index in [4.69, 9.17) is 20.6 Å². The molecule has 0 aliphatic rings. The summed E-state index contributed by atoms with van der Waals surface area (Å²) >= 11 is 0. The number of terminal acetylenes is 1. The summed E-state index contributed by atoms with van der Waals surface area (Å²) < 4.78 is 15.9. The van der Waals surface area contributed by atoms with Crippen LogP contribution in [-0.2, 0) is 6.54 Å². The Hall–Kier alpha value is -1.86. The van der Waals surface area contributed by atoms with Gasteiger partial charge in [-0.25, -0.2) is 0 Å². The summed E-state index contributed by atoms with van der Waals surface area (Å²) in [7, 11) is 4.79. The van der Waals surface area contributed by atoms with E-state index in [-0.39, 0.29) is 6.04 Å². The molecule has 1 unspecified atom stereocenters. The molecule has 0 aliphatic carbocycles. The Morgan fingerprint density at radius 3 is 2.11 bits per heavy atom. The molecular formula is C15H21NO3. The van der Waals surface area contributed by atoms with Gasteiger partial charge in [0.2, 0.25) is 5.75 Å². The van der Waals surface area contributed by atoms with Crippen LogP contribution >= 0.6 is 0 Å². The number of benzene rings is 1. The fraction of sp³-hybridized carbons (Fsp3) is 0.467. The molecule has 0 spiro atoms. The molecule has 0 aliphatic heterocycles. The second-order valence-corrected chi connectivity index (χ2v) is 4.04. The van der Waals surface area contributed by atoms with Gasteiger partial charge < -0.3 is 14.2 Å². The number of methoxy groups -OCH3 is 3. The van der Waals surface area contributed by atoms with Crippen molar-refractivity contribution < 1.29 is 14.2 Å². The summed E-state index contributed by atoms with van der Waals surface area (Å²) in [6.07, 6.45) is 6.31. The summed E-state index contributed by atoms with van der Waals surface area (Å²) in [4.78, 5) is 0. The third-order valence-corrected chi connectivity index (χ3v) is 2.89. The fourth-order valence-corrected chi connectivity index (χ4v) is 1.80. The van der Waals surface area contributed by atoms with Crippen molar-refractivity contribution in [2.45, 2.75) is 25.9 Å². The van der Waals surface area contributed by atoms with Crippen LogP contribution in [0.5, 0.6) is 17.2 Å². The number of ether oxygens (including phenoxy) is 3. The van der Waals surface area contributed by atoms with Crippen LogP contribution in [0, 0.1) is 12.3 Å². The van der Waals surface area contributed by atoms with Gasteiger partial charge in [0.05, 0.1) is 27.4 Å². The third-order valence-electron chi connectivity index (χ3n) is 2.89. The van der Waals surface area contributed by atoms with Crippen molar-refractivity contribution in [1.29, 1.82) is 0 Å². The van der Waals surface area contributed by atoms with Gasteiger partial charge in [-0.15, -0.1) is 6.42 Å². The molecule has 0 fully saturated rings. The van der Waals surface area contributed by atoms with Gasteiger partial charge in [0, 0.05) is 6.54 Å². The van der Waals surface area contributed by atoms with E-state index in [1.165, 1.54) is 0 Å². The average Bonchev–Trinajstić information content (AvgIpc) is 2.46. The topological polar surface area (TPSA) is 39.7 Å². The molecule has 104 valence electrons. The largest absolute Gasteiger partial charge is 0.493 e. The quantitative estimate of drug-likeness (QED) is 0.766. The van der Waals surface area contributed by atoms with Crippen LogP contribution in [0.15, 0.2) is 12.1 Å². The highest BCUT2D eigenvalue weighted by Crippen LogP contribution is 2.38. The summed E-state index contributed by atoms with van der Waals surface area (Å²) in [6, 6.07) is 3.90. The Kier molecular flexibility index (Phi) is 6.04. The lowest BCUT2D eigenvalue weighted by Gasteiger charge is -2.15. The molecule has 0 amide bonds. The van der Waals surface area contributed by atoms with Gasteiger partial charge in [0.25, 0.3) is 0 Å². The first kappa shape index (κ1) is 15.2. The van der Waals surface area contributed by atoms with Crippen molar-refractivity contribution in [1.82, 2.24) is 5.32 Å². The van der Waals surface area contributed by atoms with Crippen LogP contribution in [-0.4, -0.2) is 27.4 Å². The number of rotatable bonds is 7. The molecule has 0 saturated carbocycles. The molecule has 4 nitrogen and oxygen atoms in total. The minimum absolute atomic E-state index is 0.0686. The summed E-state index contributed by atoms with van der Waals surface area (Å²) in [5.41, 5.74) is 1.03. The highest BCUT2D eigenvalue weighted by Gasteiger charge is 2.13. The van der Waals surface area contributed by atoms with Gasteiger partial charge in [-0.05, 0) is 24.1 Å². The molecule has 4 heteroatoms. The molecular weight excluding hydrogens is 242 g/mol. The normalized spacial score (nSPS) is 11.5. The first-order valence-corrected chi connectivity index (χ1v) is 6.18. The highest BCUT2D eigenvalue weighted by atomic mass is 16.5. The maximum atomic E-state index is 5.42. The summed E-state index contributed by atoms with van der Waals surface area (Å²) in [5.74, 6) is 4.59. The van der Waals surface area contributed by atoms with Crippen LogP contribution in [0.25, 0.3) is 0 Å². The van der Waals surface area contributed by atoms with Gasteiger partial charge in [0.15, 0.2) is 11.5 Å². The van der Waals surface area contributed by atoms with Gasteiger partial charge >= 0.3 is 0 Å². The Bertz CT molecular complexity index is 426. The molecule has 1 aromatic carbocycles. The molecule has 0 radical (unpaired) electrons. The van der Waals surface area contributed by atoms with Gasteiger partial charge in [-0.2, -0.15) is 0 Å². The summed E-state index contributed by atoms with van der Waals surface area (Å²) in [6.45, 7) is 2.70. The first-order chi connectivity index (χ1) is 9.19. The monoisotopic (exact) mass is 263 g/mol. The molecule has 0 bridgehead atoms. The minimum Gasteiger partial charge on any atom is -0.493 e. The fourth-order valence-electron chi connectivity index (χ4n) is 1.80. The van der Waals surface area contributed by atoms with Crippen LogP contribution in [0.2, 0.25) is 0 Å². The van der Waals surface area contributed by atoms with E-state index in [1.807, 2.05) is 19.1 Å². The van der Waals surface area contributed by atoms with Crippen molar-refractivity contribution in [3.63, 3.8) is 0 Å². The molecule has 1 atom stereocenters. The number of hydrogen-bond acceptors (Lipinski definition) is 4. The Labute approximate surface area is 115 Å². The number of hydrogen-bond donors (Lipinski definition) is 1. The van der Waals surface area contributed by atoms with Crippen molar-refractivity contribution >= 4 is 0 Å². The maximum Gasteiger partial charge on any atom is 0.203 e. The zero-order chi connectivity index (χ0) is 14.3. The highest BCUT2D eigenvalue weighted by molar-refractivity contribution is 5.53. The van der Waals surface area contributed by atoms with Crippen LogP contribution in [0.4, 0.5) is 0 Å². The van der Waals surface area contributed by atoms with E-state index in [2.05, 4.69) is 11.2 Å². The zero-order valence-electron chi connectivity index (χ0n) is 11.9. The van der Waals surface area contributed by atoms with Crippen molar-refractivity contribution in [3.05, 3.63) is 17.7 Å². The predicted molar refractivity (Wildman–Crippen MR) is 75.8 cm³/mol. The van der Waals surface area contributed by atoms with Gasteiger partial charge in [0.1, 0.15) is 0 Å². The molecule has 0 heterocycles. The smallest absolute Gasteiger partial charge is 0.203 e. The van der Waals surface area contributed by atoms with E-state index in [0.29, 0.717) is 23.8 Å². The van der Waals surface area contributed by atoms with E-state index in [0.717, 1.165) is 12.0 Å². The van der Waals surface area contributed by atoms with Crippen molar-refractivity contribution in [2.75, 3.05) is 21.3 Å². The van der Waals surface area contributed by atoms with E-state index in [9.17, 15) is 0 Å². The van der Waals surface area contributed by atoms with Crippen molar-refractivity contribution in [2.24, 2.45) is 0 Å². The summed E-state index contributed by atoms with van der Waals surface area (Å²) in [5, 5.41) is 3.29. The third kappa shape index (κ3) is 3.80. The molecule has 1 rings (SSSR count). The van der Waals surface area contributed by atoms with E-state index >= 15 is 0 Å². The Balaban J connectivity index is 2.94. The molecule has 0 aromatic heterocycles. The zero-order valence-corrected chi connectivity index (χ0v) is 11.9. The predicted octanol–water partition coefficient (Wildman–Crippen LogP) is 2.21. The second kappa shape index (κ2) is 7.55. The number of nitrogens with one attached hydrogen (secondary N) is 1. The lowest BCUT2D eigenvalue weighted by molar-refractivity contribution is 0.323. The van der Waals surface area contributed by atoms with E-state index in [1.54, 1.807) is 21.3 Å². The molecule has 0 saturated heterocycles. The molecule has 1 N–H and O–H groups in total. The van der Waals surface area contributed by atoms with Crippen LogP contribution in [0.1, 0.15) is 18.9 Å². The first-order valence-electron chi connectivity index (χ1n) is 6.18. The average molecular weight is 263 g/mol. The second-order valence-electron chi connectivity index (χ2n) is 4.04. The van der Waals surface area contributed by atoms with Gasteiger partial charge in [-0.3, -0.25) is 5.32 Å². The van der Waals surface area contributed by atoms with Crippen molar-refractivity contribution in [3.8, 4) is 29.6 Å². The maximum absolute atomic E-state index is 5.42. The standard InChI is InChI=1S/C15H21NO3/c1-6-12(7-2)16-10-11-8-13(17-3)15(19-5)14(9-11)18-4/h1,8-9,12,16H,7,10H2,2-5H3. The van der Waals surface area contributed by atoms with E-state index < -0.39 is 0 Å². The van der Waals surface area contributed by atoms with Crippen LogP contribution < -0.4 is 19.5 Å². The lowest BCUT2D eigenvalue weighted by atomic mass is 10.1. The SMILES string of the molecule is C#CC(CC)NCc1cc(OC)c(OC)c(OC)c1. The lowest BCUT2D eigenvalue weighted by Crippen LogP contribution is -2.26. The Morgan fingerprint density at radius 1 is 1.16 bits per heavy atom. The minimum atomic E-state index is 0.0686. The molecule has 19 heavy (non-hydrogen) atoms.